The van der Waals surface area contributed by atoms with Gasteiger partial charge in [0.2, 0.25) is 5.88 Å². The van der Waals surface area contributed by atoms with E-state index in [2.05, 4.69) is 26.8 Å². The summed E-state index contributed by atoms with van der Waals surface area (Å²) in [4.78, 5) is 12.5. The van der Waals surface area contributed by atoms with E-state index in [0.29, 0.717) is 34.4 Å². The third kappa shape index (κ3) is 6.94. The molecular weight excluding hydrogens is 564 g/mol. The van der Waals surface area contributed by atoms with Crippen LogP contribution in [0.15, 0.2) is 102 Å². The molecule has 0 bridgehead atoms. The number of ether oxygens (including phenoxy) is 4. The standard InChI is InChI=1S/C35H31ClN2O5/c1-35(2,3)24-10-14-26(15-11-24)41-21-32(39)42-27-16-17-28-31(18-27)43-34(38)29(19-37)33(28)22-8-12-25(13-9-22)40-20-23-6-4-5-7-30(23)36/h4-18,33H,20-21,38H2,1-3H3. The summed E-state index contributed by atoms with van der Waals surface area (Å²) in [5.41, 5.74) is 10.1. The number of rotatable bonds is 8. The van der Waals surface area contributed by atoms with Gasteiger partial charge in [0, 0.05) is 22.2 Å². The molecule has 0 aliphatic carbocycles. The second-order valence-electron chi connectivity index (χ2n) is 11.1. The number of nitriles is 1. The van der Waals surface area contributed by atoms with Crippen LogP contribution in [0.4, 0.5) is 0 Å². The molecule has 0 saturated carbocycles. The first-order valence-corrected chi connectivity index (χ1v) is 14.1. The van der Waals surface area contributed by atoms with E-state index >= 15 is 0 Å². The Morgan fingerprint density at radius 1 is 0.930 bits per heavy atom. The molecular formula is C35H31ClN2O5. The van der Waals surface area contributed by atoms with E-state index in [0.717, 1.165) is 11.1 Å². The average Bonchev–Trinajstić information content (AvgIpc) is 2.99. The Balaban J connectivity index is 1.27. The molecule has 0 fully saturated rings. The van der Waals surface area contributed by atoms with Gasteiger partial charge in [0.25, 0.3) is 0 Å². The summed E-state index contributed by atoms with van der Waals surface area (Å²) >= 11 is 6.23. The third-order valence-electron chi connectivity index (χ3n) is 7.06. The summed E-state index contributed by atoms with van der Waals surface area (Å²) in [6.07, 6.45) is 0. The number of benzene rings is 4. The third-order valence-corrected chi connectivity index (χ3v) is 7.43. The number of hydrogen-bond donors (Lipinski definition) is 1. The fourth-order valence-electron chi connectivity index (χ4n) is 4.73. The number of carbonyl (C=O) groups is 1. The molecule has 7 nitrogen and oxygen atoms in total. The quantitative estimate of drug-likeness (QED) is 0.167. The van der Waals surface area contributed by atoms with Crippen molar-refractivity contribution in [2.45, 2.75) is 38.7 Å². The van der Waals surface area contributed by atoms with E-state index in [1.54, 1.807) is 18.2 Å². The van der Waals surface area contributed by atoms with Crippen LogP contribution in [0.2, 0.25) is 5.02 Å². The summed E-state index contributed by atoms with van der Waals surface area (Å²) in [6, 6.07) is 29.7. The minimum absolute atomic E-state index is 0.00967. The molecule has 0 radical (unpaired) electrons. The second-order valence-corrected chi connectivity index (χ2v) is 11.5. The SMILES string of the molecule is CC(C)(C)c1ccc(OCC(=O)Oc2ccc3c(c2)OC(N)=C(C#N)C3c2ccc(OCc3ccccc3Cl)cc2)cc1. The first-order chi connectivity index (χ1) is 20.6. The molecule has 218 valence electrons. The molecule has 1 heterocycles. The highest BCUT2D eigenvalue weighted by atomic mass is 35.5. The van der Waals surface area contributed by atoms with Gasteiger partial charge in [0.05, 0.1) is 5.92 Å². The van der Waals surface area contributed by atoms with Crippen molar-refractivity contribution in [1.82, 2.24) is 0 Å². The number of fused-ring (bicyclic) bond motifs is 1. The summed E-state index contributed by atoms with van der Waals surface area (Å²) in [6.45, 7) is 6.45. The van der Waals surface area contributed by atoms with Crippen molar-refractivity contribution in [2.75, 3.05) is 6.61 Å². The van der Waals surface area contributed by atoms with Crippen LogP contribution in [-0.2, 0) is 16.8 Å². The van der Waals surface area contributed by atoms with Gasteiger partial charge in [-0.1, -0.05) is 80.9 Å². The molecule has 1 atom stereocenters. The molecule has 43 heavy (non-hydrogen) atoms. The normalized spacial score (nSPS) is 14.3. The largest absolute Gasteiger partial charge is 0.489 e. The predicted octanol–water partition coefficient (Wildman–Crippen LogP) is 7.42. The number of hydrogen-bond acceptors (Lipinski definition) is 7. The van der Waals surface area contributed by atoms with Gasteiger partial charge in [-0.25, -0.2) is 4.79 Å². The molecule has 0 aromatic heterocycles. The highest BCUT2D eigenvalue weighted by molar-refractivity contribution is 6.31. The maximum absolute atomic E-state index is 12.5. The lowest BCUT2D eigenvalue weighted by Crippen LogP contribution is -2.21. The minimum Gasteiger partial charge on any atom is -0.489 e. The van der Waals surface area contributed by atoms with Gasteiger partial charge in [-0.15, -0.1) is 0 Å². The van der Waals surface area contributed by atoms with Gasteiger partial charge < -0.3 is 24.7 Å². The fraction of sp³-hybridized carbons (Fsp3) is 0.200. The maximum atomic E-state index is 12.5. The molecule has 8 heteroatoms. The number of esters is 1. The Kier molecular flexibility index (Phi) is 8.61. The highest BCUT2D eigenvalue weighted by Gasteiger charge is 2.31. The van der Waals surface area contributed by atoms with Gasteiger partial charge in [-0.05, 0) is 52.9 Å². The number of nitrogens with two attached hydrogens (primary N) is 1. The van der Waals surface area contributed by atoms with E-state index in [1.807, 2.05) is 72.8 Å². The monoisotopic (exact) mass is 594 g/mol. The van der Waals surface area contributed by atoms with Crippen LogP contribution in [0.1, 0.15) is 48.9 Å². The smallest absolute Gasteiger partial charge is 0.349 e. The van der Waals surface area contributed by atoms with E-state index in [4.69, 9.17) is 36.3 Å². The lowest BCUT2D eigenvalue weighted by atomic mass is 9.83. The Labute approximate surface area is 256 Å². The van der Waals surface area contributed by atoms with Crippen molar-refractivity contribution in [2.24, 2.45) is 5.73 Å². The first kappa shape index (κ1) is 29.6. The van der Waals surface area contributed by atoms with Crippen molar-refractivity contribution >= 4 is 17.6 Å². The summed E-state index contributed by atoms with van der Waals surface area (Å²) < 4.78 is 22.8. The van der Waals surface area contributed by atoms with Gasteiger partial charge >= 0.3 is 5.97 Å². The van der Waals surface area contributed by atoms with E-state index < -0.39 is 11.9 Å². The number of carbonyl (C=O) groups excluding carboxylic acids is 1. The Hall–Kier alpha value is -4.93. The number of nitrogens with zero attached hydrogens (tertiary/aromatic N) is 1. The van der Waals surface area contributed by atoms with Crippen molar-refractivity contribution in [3.05, 3.63) is 130 Å². The van der Waals surface area contributed by atoms with E-state index in [1.165, 1.54) is 5.56 Å². The zero-order valence-electron chi connectivity index (χ0n) is 24.1. The van der Waals surface area contributed by atoms with Crippen molar-refractivity contribution in [3.8, 4) is 29.1 Å². The lowest BCUT2D eigenvalue weighted by Gasteiger charge is -2.26. The number of allylic oxidation sites excluding steroid dienone is 1. The summed E-state index contributed by atoms with van der Waals surface area (Å²) in [7, 11) is 0. The summed E-state index contributed by atoms with van der Waals surface area (Å²) in [5.74, 6) is 0.834. The van der Waals surface area contributed by atoms with Gasteiger partial charge in [0.15, 0.2) is 6.61 Å². The van der Waals surface area contributed by atoms with Gasteiger partial charge in [0.1, 0.15) is 41.2 Å². The van der Waals surface area contributed by atoms with Crippen LogP contribution >= 0.6 is 11.6 Å². The zero-order chi connectivity index (χ0) is 30.6. The van der Waals surface area contributed by atoms with Crippen LogP contribution in [0, 0.1) is 11.3 Å². The van der Waals surface area contributed by atoms with Crippen LogP contribution in [-0.4, -0.2) is 12.6 Å². The highest BCUT2D eigenvalue weighted by Crippen LogP contribution is 2.43. The van der Waals surface area contributed by atoms with Gasteiger partial charge in [-0.3, -0.25) is 0 Å². The van der Waals surface area contributed by atoms with Crippen molar-refractivity contribution in [1.29, 1.82) is 5.26 Å². The van der Waals surface area contributed by atoms with Crippen LogP contribution in [0.3, 0.4) is 0 Å². The molecule has 4 aromatic carbocycles. The Bertz CT molecular complexity index is 1700. The number of halogens is 1. The lowest BCUT2D eigenvalue weighted by molar-refractivity contribution is -0.136. The maximum Gasteiger partial charge on any atom is 0.349 e. The molecule has 1 aliphatic heterocycles. The average molecular weight is 595 g/mol. The molecule has 5 rings (SSSR count). The van der Waals surface area contributed by atoms with Crippen LogP contribution in [0.25, 0.3) is 0 Å². The van der Waals surface area contributed by atoms with E-state index in [-0.39, 0.29) is 29.2 Å². The van der Waals surface area contributed by atoms with E-state index in [9.17, 15) is 10.1 Å². The minimum atomic E-state index is -0.569. The second kappa shape index (κ2) is 12.5. The fourth-order valence-corrected chi connectivity index (χ4v) is 4.92. The molecule has 1 unspecified atom stereocenters. The molecule has 2 N–H and O–H groups in total. The Morgan fingerprint density at radius 3 is 2.26 bits per heavy atom. The molecule has 1 aliphatic rings. The molecule has 4 aromatic rings. The molecule has 0 spiro atoms. The topological polar surface area (TPSA) is 104 Å². The Morgan fingerprint density at radius 2 is 1.58 bits per heavy atom. The summed E-state index contributed by atoms with van der Waals surface area (Å²) in [5, 5.41) is 10.5. The predicted molar refractivity (Wildman–Crippen MR) is 164 cm³/mol. The van der Waals surface area contributed by atoms with Crippen LogP contribution in [0.5, 0.6) is 23.0 Å². The first-order valence-electron chi connectivity index (χ1n) is 13.7. The van der Waals surface area contributed by atoms with Crippen LogP contribution < -0.4 is 24.7 Å². The molecule has 0 amide bonds. The van der Waals surface area contributed by atoms with Gasteiger partial charge in [-0.2, -0.15) is 5.26 Å². The van der Waals surface area contributed by atoms with Crippen molar-refractivity contribution in [3.63, 3.8) is 0 Å². The molecule has 0 saturated heterocycles. The zero-order valence-corrected chi connectivity index (χ0v) is 24.9. The van der Waals surface area contributed by atoms with Crippen molar-refractivity contribution < 1.29 is 23.7 Å².